The number of benzene rings is 1. The second-order valence-electron chi connectivity index (χ2n) is 10.7. The van der Waals surface area contributed by atoms with E-state index in [1.807, 2.05) is 13.8 Å². The van der Waals surface area contributed by atoms with Crippen molar-refractivity contribution in [2.24, 2.45) is 17.8 Å². The molecule has 2 heteroatoms. The van der Waals surface area contributed by atoms with E-state index in [1.165, 1.54) is 56.9 Å². The van der Waals surface area contributed by atoms with Crippen LogP contribution in [0.5, 0.6) is 11.5 Å². The first kappa shape index (κ1) is 25.1. The molecule has 2 rings (SSSR count). The minimum atomic E-state index is 0.340. The van der Waals surface area contributed by atoms with Crippen molar-refractivity contribution in [3.63, 3.8) is 0 Å². The molecular formula is C28H48O2. The highest BCUT2D eigenvalue weighted by Gasteiger charge is 2.25. The van der Waals surface area contributed by atoms with Gasteiger partial charge in [0.05, 0.1) is 6.10 Å². The Labute approximate surface area is 186 Å². The van der Waals surface area contributed by atoms with Crippen LogP contribution in [0.2, 0.25) is 0 Å². The zero-order chi connectivity index (χ0) is 22.3. The van der Waals surface area contributed by atoms with E-state index >= 15 is 0 Å². The van der Waals surface area contributed by atoms with Crippen LogP contribution in [0.1, 0.15) is 114 Å². The average Bonchev–Trinajstić information content (AvgIpc) is 2.70. The summed E-state index contributed by atoms with van der Waals surface area (Å²) in [7, 11) is 0. The van der Waals surface area contributed by atoms with Crippen LogP contribution >= 0.6 is 0 Å². The summed E-state index contributed by atoms with van der Waals surface area (Å²) < 4.78 is 6.42. The maximum atomic E-state index is 10.3. The first-order chi connectivity index (χ1) is 14.2. The Balaban J connectivity index is 1.67. The molecule has 30 heavy (non-hydrogen) atoms. The molecule has 1 unspecified atom stereocenters. The maximum absolute atomic E-state index is 10.3. The lowest BCUT2D eigenvalue weighted by atomic mass is 9.89. The largest absolute Gasteiger partial charge is 0.507 e. The number of phenols is 1. The highest BCUT2D eigenvalue weighted by molar-refractivity contribution is 5.58. The minimum Gasteiger partial charge on any atom is -0.507 e. The lowest BCUT2D eigenvalue weighted by molar-refractivity contribution is 0.156. The standard InChI is InChI=1S/C28H48O2/c1-19(2)11-8-12-20(3)13-9-14-21(4)15-10-16-25-17-18-26-24(7)27(29)22(5)23(6)28(26)30-25/h19-21,25,29H,8-18H2,1-7H3/t20-,21-,25?/m1/s1. The molecule has 0 amide bonds. The SMILES string of the molecule is Cc1c(C)c2c(c(C)c1O)CCC(CCC[C@H](C)CCC[C@H](C)CCCC(C)C)O2. The van der Waals surface area contributed by atoms with E-state index in [9.17, 15) is 5.11 Å². The second kappa shape index (κ2) is 12.0. The normalized spacial score (nSPS) is 18.2. The van der Waals surface area contributed by atoms with Crippen molar-refractivity contribution in [3.8, 4) is 11.5 Å². The van der Waals surface area contributed by atoms with Crippen molar-refractivity contribution in [2.75, 3.05) is 0 Å². The first-order valence-electron chi connectivity index (χ1n) is 12.7. The summed E-state index contributed by atoms with van der Waals surface area (Å²) >= 11 is 0. The number of rotatable bonds is 12. The molecule has 0 radical (unpaired) electrons. The molecule has 2 nitrogen and oxygen atoms in total. The summed E-state index contributed by atoms with van der Waals surface area (Å²) in [5.74, 6) is 4.08. The van der Waals surface area contributed by atoms with E-state index in [2.05, 4.69) is 34.6 Å². The minimum absolute atomic E-state index is 0.340. The first-order valence-corrected chi connectivity index (χ1v) is 12.7. The van der Waals surface area contributed by atoms with Gasteiger partial charge in [-0.25, -0.2) is 0 Å². The third-order valence-electron chi connectivity index (χ3n) is 7.44. The smallest absolute Gasteiger partial charge is 0.126 e. The van der Waals surface area contributed by atoms with Crippen molar-refractivity contribution in [1.82, 2.24) is 0 Å². The van der Waals surface area contributed by atoms with Gasteiger partial charge in [0.15, 0.2) is 0 Å². The number of hydrogen-bond donors (Lipinski definition) is 1. The van der Waals surface area contributed by atoms with Crippen molar-refractivity contribution in [3.05, 3.63) is 22.3 Å². The zero-order valence-electron chi connectivity index (χ0n) is 20.9. The van der Waals surface area contributed by atoms with Crippen LogP contribution in [0.15, 0.2) is 0 Å². The van der Waals surface area contributed by atoms with Gasteiger partial charge >= 0.3 is 0 Å². The van der Waals surface area contributed by atoms with E-state index in [4.69, 9.17) is 4.74 Å². The summed E-state index contributed by atoms with van der Waals surface area (Å²) in [5.41, 5.74) is 4.33. The van der Waals surface area contributed by atoms with Gasteiger partial charge in [-0.05, 0) is 80.9 Å². The number of aromatic hydroxyl groups is 1. The van der Waals surface area contributed by atoms with Gasteiger partial charge in [0.1, 0.15) is 11.5 Å². The van der Waals surface area contributed by atoms with E-state index < -0.39 is 0 Å². The highest BCUT2D eigenvalue weighted by atomic mass is 16.5. The van der Waals surface area contributed by atoms with Crippen molar-refractivity contribution in [2.45, 2.75) is 125 Å². The van der Waals surface area contributed by atoms with Gasteiger partial charge in [0, 0.05) is 5.56 Å². The molecule has 1 aromatic carbocycles. The Morgan fingerprint density at radius 3 is 1.97 bits per heavy atom. The number of hydrogen-bond acceptors (Lipinski definition) is 2. The van der Waals surface area contributed by atoms with Crippen LogP contribution < -0.4 is 4.74 Å². The van der Waals surface area contributed by atoms with Gasteiger partial charge in [-0.2, -0.15) is 0 Å². The molecule has 0 aromatic heterocycles. The van der Waals surface area contributed by atoms with Crippen LogP contribution in [-0.4, -0.2) is 11.2 Å². The van der Waals surface area contributed by atoms with Crippen LogP contribution in [-0.2, 0) is 6.42 Å². The topological polar surface area (TPSA) is 29.5 Å². The molecule has 1 heterocycles. The van der Waals surface area contributed by atoms with Crippen molar-refractivity contribution >= 4 is 0 Å². The van der Waals surface area contributed by atoms with E-state index in [1.54, 1.807) is 0 Å². The van der Waals surface area contributed by atoms with E-state index in [0.29, 0.717) is 11.9 Å². The summed E-state index contributed by atoms with van der Waals surface area (Å²) in [6, 6.07) is 0. The average molecular weight is 417 g/mol. The molecule has 3 atom stereocenters. The van der Waals surface area contributed by atoms with Crippen LogP contribution in [0.4, 0.5) is 0 Å². The fourth-order valence-electron chi connectivity index (χ4n) is 5.04. The molecule has 172 valence electrons. The Kier molecular flexibility index (Phi) is 10.0. The van der Waals surface area contributed by atoms with Crippen LogP contribution in [0.3, 0.4) is 0 Å². The van der Waals surface area contributed by atoms with Gasteiger partial charge in [0.25, 0.3) is 0 Å². The second-order valence-corrected chi connectivity index (χ2v) is 10.7. The number of fused-ring (bicyclic) bond motifs is 1. The molecule has 0 aliphatic carbocycles. The Morgan fingerprint density at radius 2 is 1.37 bits per heavy atom. The van der Waals surface area contributed by atoms with Crippen LogP contribution in [0, 0.1) is 38.5 Å². The summed E-state index contributed by atoms with van der Waals surface area (Å²) in [4.78, 5) is 0. The predicted molar refractivity (Wildman–Crippen MR) is 130 cm³/mol. The maximum Gasteiger partial charge on any atom is 0.126 e. The molecule has 0 bridgehead atoms. The molecular weight excluding hydrogens is 368 g/mol. The Bertz CT molecular complexity index is 661. The third kappa shape index (κ3) is 7.20. The van der Waals surface area contributed by atoms with E-state index in [0.717, 1.165) is 59.5 Å². The fourth-order valence-corrected chi connectivity index (χ4v) is 5.04. The lowest BCUT2D eigenvalue weighted by Gasteiger charge is -2.30. The molecule has 1 aliphatic heterocycles. The van der Waals surface area contributed by atoms with Crippen molar-refractivity contribution in [1.29, 1.82) is 0 Å². The molecule has 0 saturated heterocycles. The molecule has 0 spiro atoms. The Hall–Kier alpha value is -1.18. The Morgan fingerprint density at radius 1 is 0.800 bits per heavy atom. The third-order valence-corrected chi connectivity index (χ3v) is 7.44. The number of phenolic OH excluding ortho intramolecular Hbond substituents is 1. The summed E-state index contributed by atoms with van der Waals surface area (Å²) in [6.45, 7) is 15.6. The number of ether oxygens (including phenoxy) is 1. The van der Waals surface area contributed by atoms with Crippen LogP contribution in [0.25, 0.3) is 0 Å². The van der Waals surface area contributed by atoms with Gasteiger partial charge in [-0.15, -0.1) is 0 Å². The predicted octanol–water partition coefficient (Wildman–Crippen LogP) is 8.45. The monoisotopic (exact) mass is 416 g/mol. The van der Waals surface area contributed by atoms with Gasteiger partial charge < -0.3 is 9.84 Å². The van der Waals surface area contributed by atoms with Gasteiger partial charge in [0.2, 0.25) is 0 Å². The molecule has 0 saturated carbocycles. The van der Waals surface area contributed by atoms with Crippen molar-refractivity contribution < 1.29 is 9.84 Å². The zero-order valence-corrected chi connectivity index (χ0v) is 20.9. The van der Waals surface area contributed by atoms with E-state index in [-0.39, 0.29) is 0 Å². The molecule has 1 aliphatic rings. The summed E-state index contributed by atoms with van der Waals surface area (Å²) in [5, 5.41) is 10.3. The highest BCUT2D eigenvalue weighted by Crippen LogP contribution is 2.41. The quantitative estimate of drug-likeness (QED) is 0.370. The van der Waals surface area contributed by atoms with Gasteiger partial charge in [-0.1, -0.05) is 72.6 Å². The molecule has 1 N–H and O–H groups in total. The molecule has 0 fully saturated rings. The lowest BCUT2D eigenvalue weighted by Crippen LogP contribution is -2.24. The summed E-state index contributed by atoms with van der Waals surface area (Å²) in [6.07, 6.45) is 14.5. The fraction of sp³-hybridized carbons (Fsp3) is 0.786. The van der Waals surface area contributed by atoms with Gasteiger partial charge in [-0.3, -0.25) is 0 Å². The molecule has 1 aromatic rings.